The van der Waals surface area contributed by atoms with Crippen LogP contribution in [0.1, 0.15) is 32.6 Å². The fourth-order valence-corrected chi connectivity index (χ4v) is 4.15. The Kier molecular flexibility index (Phi) is 4.83. The van der Waals surface area contributed by atoms with E-state index >= 15 is 0 Å². The number of hydrogen-bond acceptors (Lipinski definition) is 6. The number of benzene rings is 3. The Bertz CT molecular complexity index is 1540. The maximum absolute atomic E-state index is 13.6. The SMILES string of the molecule is Cc1c(C(=O)c2cccc3ccccc23)c(O)n(Cc2ccc3c(c2)OCO3)c(=O)c1C#N. The molecule has 2 heterocycles. The van der Waals surface area contributed by atoms with Gasteiger partial charge in [0.2, 0.25) is 12.7 Å². The summed E-state index contributed by atoms with van der Waals surface area (Å²) >= 11 is 0. The first-order valence-corrected chi connectivity index (χ1v) is 10.3. The van der Waals surface area contributed by atoms with Crippen molar-refractivity contribution in [1.82, 2.24) is 4.57 Å². The quantitative estimate of drug-likeness (QED) is 0.485. The van der Waals surface area contributed by atoms with Crippen molar-refractivity contribution < 1.29 is 19.4 Å². The molecule has 3 aromatic carbocycles. The molecule has 0 aliphatic carbocycles. The molecule has 1 aliphatic rings. The van der Waals surface area contributed by atoms with Gasteiger partial charge in [-0.2, -0.15) is 5.26 Å². The predicted octanol–water partition coefficient (Wildman–Crippen LogP) is 3.90. The van der Waals surface area contributed by atoms with Crippen molar-refractivity contribution in [3.63, 3.8) is 0 Å². The number of pyridine rings is 1. The standard InChI is InChI=1S/C26H18N2O5/c1-15-20(12-27)25(30)28(13-16-9-10-21-22(11-16)33-14-32-21)26(31)23(15)24(29)19-8-4-6-17-5-2-3-7-18(17)19/h2-11,31H,13-14H2,1H3. The zero-order valence-corrected chi connectivity index (χ0v) is 17.7. The van der Waals surface area contributed by atoms with Gasteiger partial charge in [0.15, 0.2) is 17.3 Å². The lowest BCUT2D eigenvalue weighted by Gasteiger charge is -2.16. The fourth-order valence-electron chi connectivity index (χ4n) is 4.15. The van der Waals surface area contributed by atoms with Crippen LogP contribution in [0.4, 0.5) is 0 Å². The molecule has 0 unspecified atom stereocenters. The van der Waals surface area contributed by atoms with E-state index in [-0.39, 0.29) is 30.0 Å². The molecule has 0 radical (unpaired) electrons. The lowest BCUT2D eigenvalue weighted by Crippen LogP contribution is -2.27. The van der Waals surface area contributed by atoms with Crippen LogP contribution < -0.4 is 15.0 Å². The molecule has 1 N–H and O–H groups in total. The summed E-state index contributed by atoms with van der Waals surface area (Å²) in [5.41, 5.74) is 0.261. The Morgan fingerprint density at radius 1 is 1.09 bits per heavy atom. The minimum Gasteiger partial charge on any atom is -0.494 e. The second-order valence-electron chi connectivity index (χ2n) is 7.75. The molecule has 1 aliphatic heterocycles. The molecule has 0 atom stereocenters. The first kappa shape index (κ1) is 20.3. The third-order valence-electron chi connectivity index (χ3n) is 5.84. The highest BCUT2D eigenvalue weighted by molar-refractivity contribution is 6.18. The van der Waals surface area contributed by atoms with Crippen molar-refractivity contribution in [3.8, 4) is 23.4 Å². The van der Waals surface area contributed by atoms with Gasteiger partial charge in [0.1, 0.15) is 11.6 Å². The highest BCUT2D eigenvalue weighted by atomic mass is 16.7. The van der Waals surface area contributed by atoms with Crippen LogP contribution in [-0.2, 0) is 6.54 Å². The topological polar surface area (TPSA) is 102 Å². The van der Waals surface area contributed by atoms with E-state index in [0.29, 0.717) is 22.6 Å². The maximum Gasteiger partial charge on any atom is 0.271 e. The molecular weight excluding hydrogens is 420 g/mol. The van der Waals surface area contributed by atoms with Gasteiger partial charge in [0.05, 0.1) is 12.1 Å². The highest BCUT2D eigenvalue weighted by Gasteiger charge is 2.26. The van der Waals surface area contributed by atoms with Gasteiger partial charge in [-0.3, -0.25) is 14.2 Å². The molecule has 0 spiro atoms. The van der Waals surface area contributed by atoms with Crippen molar-refractivity contribution >= 4 is 16.6 Å². The number of carbonyl (C=O) groups excluding carboxylic acids is 1. The molecule has 0 bridgehead atoms. The van der Waals surface area contributed by atoms with E-state index in [9.17, 15) is 20.0 Å². The van der Waals surface area contributed by atoms with Gasteiger partial charge in [-0.25, -0.2) is 0 Å². The molecule has 0 saturated heterocycles. The van der Waals surface area contributed by atoms with Crippen molar-refractivity contribution in [2.75, 3.05) is 6.79 Å². The molecule has 7 heteroatoms. The van der Waals surface area contributed by atoms with Crippen LogP contribution in [-0.4, -0.2) is 22.2 Å². The second-order valence-corrected chi connectivity index (χ2v) is 7.75. The Balaban J connectivity index is 1.67. The monoisotopic (exact) mass is 438 g/mol. The average molecular weight is 438 g/mol. The Hall–Kier alpha value is -4.57. The fraction of sp³-hybridized carbons (Fsp3) is 0.115. The summed E-state index contributed by atoms with van der Waals surface area (Å²) in [4.78, 5) is 26.6. The van der Waals surface area contributed by atoms with Gasteiger partial charge in [0, 0.05) is 5.56 Å². The third kappa shape index (κ3) is 3.29. The number of rotatable bonds is 4. The van der Waals surface area contributed by atoms with E-state index in [2.05, 4.69) is 0 Å². The van der Waals surface area contributed by atoms with Crippen molar-refractivity contribution in [2.45, 2.75) is 13.5 Å². The van der Waals surface area contributed by atoms with E-state index in [1.54, 1.807) is 30.3 Å². The molecule has 162 valence electrons. The summed E-state index contributed by atoms with van der Waals surface area (Å²) < 4.78 is 11.7. The molecule has 4 aromatic rings. The molecule has 0 fully saturated rings. The van der Waals surface area contributed by atoms with E-state index < -0.39 is 17.2 Å². The number of carbonyl (C=O) groups is 1. The van der Waals surface area contributed by atoms with Crippen LogP contribution in [0.15, 0.2) is 65.5 Å². The number of hydrogen-bond donors (Lipinski definition) is 1. The first-order valence-electron chi connectivity index (χ1n) is 10.3. The summed E-state index contributed by atoms with van der Waals surface area (Å²) in [6.45, 7) is 1.56. The van der Waals surface area contributed by atoms with E-state index in [1.165, 1.54) is 6.92 Å². The number of ketones is 1. The largest absolute Gasteiger partial charge is 0.494 e. The summed E-state index contributed by atoms with van der Waals surface area (Å²) in [5.74, 6) is 0.174. The normalized spacial score (nSPS) is 12.0. The summed E-state index contributed by atoms with van der Waals surface area (Å²) in [5, 5.41) is 22.4. The number of fused-ring (bicyclic) bond motifs is 2. The van der Waals surface area contributed by atoms with Crippen LogP contribution in [0, 0.1) is 18.3 Å². The minimum atomic E-state index is -0.667. The summed E-state index contributed by atoms with van der Waals surface area (Å²) in [6.07, 6.45) is 0. The highest BCUT2D eigenvalue weighted by Crippen LogP contribution is 2.33. The number of nitriles is 1. The number of ether oxygens (including phenoxy) is 2. The maximum atomic E-state index is 13.6. The smallest absolute Gasteiger partial charge is 0.271 e. The van der Waals surface area contributed by atoms with Crippen LogP contribution in [0.5, 0.6) is 17.4 Å². The molecular formula is C26H18N2O5. The van der Waals surface area contributed by atoms with Crippen LogP contribution in [0.2, 0.25) is 0 Å². The van der Waals surface area contributed by atoms with Gasteiger partial charge in [-0.05, 0) is 41.0 Å². The van der Waals surface area contributed by atoms with E-state index in [1.807, 2.05) is 36.4 Å². The van der Waals surface area contributed by atoms with E-state index in [0.717, 1.165) is 15.3 Å². The van der Waals surface area contributed by atoms with Gasteiger partial charge < -0.3 is 14.6 Å². The van der Waals surface area contributed by atoms with Crippen LogP contribution in [0.25, 0.3) is 10.8 Å². The molecule has 7 nitrogen and oxygen atoms in total. The number of aromatic nitrogens is 1. The van der Waals surface area contributed by atoms with Crippen molar-refractivity contribution in [3.05, 3.63) is 98.8 Å². The van der Waals surface area contributed by atoms with Gasteiger partial charge >= 0.3 is 0 Å². The van der Waals surface area contributed by atoms with Gasteiger partial charge in [-0.1, -0.05) is 48.5 Å². The van der Waals surface area contributed by atoms with Crippen LogP contribution in [0.3, 0.4) is 0 Å². The van der Waals surface area contributed by atoms with Crippen molar-refractivity contribution in [1.29, 1.82) is 5.26 Å². The second kappa shape index (κ2) is 7.84. The Labute approximate surface area is 188 Å². The van der Waals surface area contributed by atoms with Crippen LogP contribution >= 0.6 is 0 Å². The van der Waals surface area contributed by atoms with E-state index in [4.69, 9.17) is 9.47 Å². The van der Waals surface area contributed by atoms with Gasteiger partial charge in [-0.15, -0.1) is 0 Å². The van der Waals surface area contributed by atoms with Gasteiger partial charge in [0.25, 0.3) is 5.56 Å². The summed E-state index contributed by atoms with van der Waals surface area (Å²) in [6, 6.07) is 19.8. The predicted molar refractivity (Wildman–Crippen MR) is 121 cm³/mol. The number of nitrogens with zero attached hydrogens (tertiary/aromatic N) is 2. The number of aromatic hydroxyl groups is 1. The zero-order valence-electron chi connectivity index (χ0n) is 17.7. The molecule has 0 amide bonds. The average Bonchev–Trinajstić information content (AvgIpc) is 3.29. The zero-order chi connectivity index (χ0) is 23.1. The van der Waals surface area contributed by atoms with Crippen molar-refractivity contribution in [2.24, 2.45) is 0 Å². The minimum absolute atomic E-state index is 0.0495. The molecule has 0 saturated carbocycles. The third-order valence-corrected chi connectivity index (χ3v) is 5.84. The lowest BCUT2D eigenvalue weighted by atomic mass is 9.93. The lowest BCUT2D eigenvalue weighted by molar-refractivity contribution is 0.103. The Morgan fingerprint density at radius 2 is 1.85 bits per heavy atom. The Morgan fingerprint density at radius 3 is 2.67 bits per heavy atom. The molecule has 5 rings (SSSR count). The first-order chi connectivity index (χ1) is 16.0. The molecule has 1 aromatic heterocycles. The summed E-state index contributed by atoms with van der Waals surface area (Å²) in [7, 11) is 0. The molecule has 33 heavy (non-hydrogen) atoms.